The Hall–Kier alpha value is -1.62. The molecular formula is C12H19N5. The van der Waals surface area contributed by atoms with Crippen molar-refractivity contribution in [3.05, 3.63) is 35.9 Å². The Balaban J connectivity index is 1.69. The number of hydrogen-bond donors (Lipinski definition) is 1. The summed E-state index contributed by atoms with van der Waals surface area (Å²) >= 11 is 0. The van der Waals surface area contributed by atoms with Crippen LogP contribution in [-0.4, -0.2) is 26.1 Å². The van der Waals surface area contributed by atoms with Crippen LogP contribution in [0.3, 0.4) is 0 Å². The first kappa shape index (κ1) is 11.9. The maximum Gasteiger partial charge on any atom is 0.0637 e. The molecule has 0 unspecified atom stereocenters. The molecule has 0 aliphatic carbocycles. The number of nitrogens with one attached hydrogen (secondary N) is 1. The van der Waals surface area contributed by atoms with Crippen LogP contribution in [0.5, 0.6) is 0 Å². The average molecular weight is 233 g/mol. The molecule has 0 fully saturated rings. The minimum atomic E-state index is 0.868. The fourth-order valence-corrected chi connectivity index (χ4v) is 1.72. The molecule has 0 aromatic carbocycles. The van der Waals surface area contributed by atoms with Gasteiger partial charge >= 0.3 is 0 Å². The largest absolute Gasteiger partial charge is 0.312 e. The highest BCUT2D eigenvalue weighted by molar-refractivity contribution is 5.03. The summed E-state index contributed by atoms with van der Waals surface area (Å²) in [6, 6.07) is 2.05. The molecule has 0 atom stereocenters. The van der Waals surface area contributed by atoms with Crippen LogP contribution in [0.1, 0.15) is 18.2 Å². The average Bonchev–Trinajstić information content (AvgIpc) is 2.93. The van der Waals surface area contributed by atoms with Crippen LogP contribution in [0, 0.1) is 0 Å². The van der Waals surface area contributed by atoms with Crippen LogP contribution in [0.25, 0.3) is 0 Å². The SMILES string of the molecule is CCn1cc(CNCCc2ccn(C)n2)cn1. The fraction of sp³-hybridized carbons (Fsp3) is 0.500. The zero-order valence-corrected chi connectivity index (χ0v) is 10.4. The van der Waals surface area contributed by atoms with Gasteiger partial charge in [0, 0.05) is 51.1 Å². The predicted octanol–water partition coefficient (Wildman–Crippen LogP) is 0.969. The van der Waals surface area contributed by atoms with E-state index in [1.807, 2.05) is 28.8 Å². The molecule has 2 aromatic rings. The molecule has 0 spiro atoms. The molecular weight excluding hydrogens is 214 g/mol. The minimum Gasteiger partial charge on any atom is -0.312 e. The lowest BCUT2D eigenvalue weighted by Gasteiger charge is -2.00. The molecule has 2 rings (SSSR count). The van der Waals surface area contributed by atoms with Crippen molar-refractivity contribution in [3.8, 4) is 0 Å². The van der Waals surface area contributed by atoms with Crippen LogP contribution in [0.15, 0.2) is 24.7 Å². The summed E-state index contributed by atoms with van der Waals surface area (Å²) in [7, 11) is 1.94. The van der Waals surface area contributed by atoms with Crippen LogP contribution < -0.4 is 5.32 Å². The van der Waals surface area contributed by atoms with Crippen molar-refractivity contribution in [2.75, 3.05) is 6.54 Å². The maximum atomic E-state index is 4.33. The molecule has 0 bridgehead atoms. The molecule has 2 heterocycles. The molecule has 0 aliphatic rings. The highest BCUT2D eigenvalue weighted by Crippen LogP contribution is 1.98. The van der Waals surface area contributed by atoms with E-state index in [-0.39, 0.29) is 0 Å². The Morgan fingerprint density at radius 3 is 2.94 bits per heavy atom. The molecule has 17 heavy (non-hydrogen) atoms. The van der Waals surface area contributed by atoms with Crippen molar-refractivity contribution in [1.82, 2.24) is 24.9 Å². The number of hydrogen-bond acceptors (Lipinski definition) is 3. The van der Waals surface area contributed by atoms with Gasteiger partial charge in [0.2, 0.25) is 0 Å². The van der Waals surface area contributed by atoms with Crippen LogP contribution in [-0.2, 0) is 26.6 Å². The monoisotopic (exact) mass is 233 g/mol. The third-order valence-corrected chi connectivity index (χ3v) is 2.67. The minimum absolute atomic E-state index is 0.868. The predicted molar refractivity (Wildman–Crippen MR) is 66.5 cm³/mol. The van der Waals surface area contributed by atoms with E-state index in [2.05, 4.69) is 34.7 Å². The van der Waals surface area contributed by atoms with Gasteiger partial charge in [-0.2, -0.15) is 10.2 Å². The van der Waals surface area contributed by atoms with E-state index >= 15 is 0 Å². The van der Waals surface area contributed by atoms with Gasteiger partial charge in [0.25, 0.3) is 0 Å². The van der Waals surface area contributed by atoms with Gasteiger partial charge in [0.05, 0.1) is 11.9 Å². The zero-order chi connectivity index (χ0) is 12.1. The fourth-order valence-electron chi connectivity index (χ4n) is 1.72. The van der Waals surface area contributed by atoms with Crippen LogP contribution in [0.2, 0.25) is 0 Å². The Kier molecular flexibility index (Phi) is 3.93. The van der Waals surface area contributed by atoms with Crippen molar-refractivity contribution in [3.63, 3.8) is 0 Å². The van der Waals surface area contributed by atoms with Crippen molar-refractivity contribution in [1.29, 1.82) is 0 Å². The second-order valence-corrected chi connectivity index (χ2v) is 4.11. The maximum absolute atomic E-state index is 4.33. The number of nitrogens with zero attached hydrogens (tertiary/aromatic N) is 4. The summed E-state index contributed by atoms with van der Waals surface area (Å²) in [6.07, 6.45) is 6.93. The summed E-state index contributed by atoms with van der Waals surface area (Å²) in [4.78, 5) is 0. The van der Waals surface area contributed by atoms with Gasteiger partial charge in [-0.1, -0.05) is 0 Å². The summed E-state index contributed by atoms with van der Waals surface area (Å²) in [5.41, 5.74) is 2.36. The Bertz CT molecular complexity index is 457. The van der Waals surface area contributed by atoms with E-state index in [4.69, 9.17) is 0 Å². The topological polar surface area (TPSA) is 47.7 Å². The van der Waals surface area contributed by atoms with E-state index < -0.39 is 0 Å². The van der Waals surface area contributed by atoms with Gasteiger partial charge in [0.1, 0.15) is 0 Å². The summed E-state index contributed by atoms with van der Waals surface area (Å²) < 4.78 is 3.77. The van der Waals surface area contributed by atoms with Crippen LogP contribution >= 0.6 is 0 Å². The Morgan fingerprint density at radius 2 is 2.29 bits per heavy atom. The first-order valence-electron chi connectivity index (χ1n) is 5.98. The molecule has 0 saturated carbocycles. The van der Waals surface area contributed by atoms with Gasteiger partial charge in [-0.3, -0.25) is 9.36 Å². The Labute approximate surface area is 101 Å². The highest BCUT2D eigenvalue weighted by atomic mass is 15.3. The van der Waals surface area contributed by atoms with Crippen molar-refractivity contribution < 1.29 is 0 Å². The molecule has 0 saturated heterocycles. The summed E-state index contributed by atoms with van der Waals surface area (Å²) in [6.45, 7) is 4.82. The molecule has 5 nitrogen and oxygen atoms in total. The lowest BCUT2D eigenvalue weighted by atomic mass is 10.3. The van der Waals surface area contributed by atoms with E-state index in [1.165, 1.54) is 5.56 Å². The van der Waals surface area contributed by atoms with Gasteiger partial charge in [0.15, 0.2) is 0 Å². The van der Waals surface area contributed by atoms with Crippen LogP contribution in [0.4, 0.5) is 0 Å². The second kappa shape index (κ2) is 5.63. The highest BCUT2D eigenvalue weighted by Gasteiger charge is 1.98. The van der Waals surface area contributed by atoms with Crippen molar-refractivity contribution in [2.45, 2.75) is 26.4 Å². The van der Waals surface area contributed by atoms with Gasteiger partial charge < -0.3 is 5.32 Å². The Morgan fingerprint density at radius 1 is 1.41 bits per heavy atom. The zero-order valence-electron chi connectivity index (χ0n) is 10.4. The first-order chi connectivity index (χ1) is 8.28. The summed E-state index contributed by atoms with van der Waals surface area (Å²) in [5, 5.41) is 12.0. The molecule has 1 N–H and O–H groups in total. The molecule has 5 heteroatoms. The van der Waals surface area contributed by atoms with E-state index in [9.17, 15) is 0 Å². The lowest BCUT2D eigenvalue weighted by molar-refractivity contribution is 0.652. The number of aryl methyl sites for hydroxylation is 2. The quantitative estimate of drug-likeness (QED) is 0.756. The third-order valence-electron chi connectivity index (χ3n) is 2.67. The molecule has 0 aliphatic heterocycles. The van der Waals surface area contributed by atoms with Crippen molar-refractivity contribution >= 4 is 0 Å². The van der Waals surface area contributed by atoms with Crippen molar-refractivity contribution in [2.24, 2.45) is 7.05 Å². The molecule has 0 radical (unpaired) electrons. The normalized spacial score (nSPS) is 10.9. The standard InChI is InChI=1S/C12H19N5/c1-3-17-10-11(9-14-17)8-13-6-4-12-5-7-16(2)15-12/h5,7,9-10,13H,3-4,6,8H2,1-2H3. The molecule has 92 valence electrons. The summed E-state index contributed by atoms with van der Waals surface area (Å²) in [5.74, 6) is 0. The smallest absolute Gasteiger partial charge is 0.0637 e. The van der Waals surface area contributed by atoms with Gasteiger partial charge in [-0.05, 0) is 13.0 Å². The molecule has 0 amide bonds. The van der Waals surface area contributed by atoms with Gasteiger partial charge in [-0.25, -0.2) is 0 Å². The van der Waals surface area contributed by atoms with E-state index in [1.54, 1.807) is 0 Å². The molecule has 2 aromatic heterocycles. The van der Waals surface area contributed by atoms with E-state index in [0.717, 1.165) is 31.7 Å². The van der Waals surface area contributed by atoms with Gasteiger partial charge in [-0.15, -0.1) is 0 Å². The number of aromatic nitrogens is 4. The lowest BCUT2D eigenvalue weighted by Crippen LogP contribution is -2.16. The second-order valence-electron chi connectivity index (χ2n) is 4.11. The first-order valence-corrected chi connectivity index (χ1v) is 5.98. The third kappa shape index (κ3) is 3.42. The number of rotatable bonds is 6. The van der Waals surface area contributed by atoms with E-state index in [0.29, 0.717) is 0 Å².